The second kappa shape index (κ2) is 4.99. The van der Waals surface area contributed by atoms with Gasteiger partial charge in [-0.05, 0) is 11.5 Å². The lowest BCUT2D eigenvalue weighted by Crippen LogP contribution is -2.14. The molecular weight excluding hydrogens is 167 g/mol. The van der Waals surface area contributed by atoms with Crippen LogP contribution in [0.15, 0.2) is 12.7 Å². The third-order valence-corrected chi connectivity index (χ3v) is 1.72. The van der Waals surface area contributed by atoms with Crippen LogP contribution in [-0.2, 0) is 14.1 Å². The molecule has 0 aliphatic heterocycles. The van der Waals surface area contributed by atoms with E-state index in [2.05, 4.69) is 11.3 Å². The predicted molar refractivity (Wildman–Crippen MR) is 40.4 cm³/mol. The Hall–Kier alpha value is -0.730. The maximum Gasteiger partial charge on any atom is 0.509 e. The summed E-state index contributed by atoms with van der Waals surface area (Å²) in [6.45, 7) is 4.73. The minimum Gasteiger partial charge on any atom is -0.455 e. The maximum absolute atomic E-state index is 10.5. The largest absolute Gasteiger partial charge is 0.509 e. The summed E-state index contributed by atoms with van der Waals surface area (Å²) in [4.78, 5) is 18.9. The van der Waals surface area contributed by atoms with Gasteiger partial charge >= 0.3 is 14.0 Å². The number of hydrogen-bond acceptors (Lipinski definition) is 3. The number of carbonyl (C=O) groups is 1. The highest BCUT2D eigenvalue weighted by Crippen LogP contribution is 2.15. The third-order valence-electron chi connectivity index (χ3n) is 0.897. The van der Waals surface area contributed by atoms with E-state index in [4.69, 9.17) is 4.89 Å². The van der Waals surface area contributed by atoms with Crippen molar-refractivity contribution in [2.24, 2.45) is 0 Å². The van der Waals surface area contributed by atoms with E-state index in [1.807, 2.05) is 0 Å². The molecule has 4 nitrogen and oxygen atoms in total. The Morgan fingerprint density at radius 3 is 2.82 bits per heavy atom. The van der Waals surface area contributed by atoms with Gasteiger partial charge in [-0.15, -0.1) is 0 Å². The SMILES string of the molecule is C=CC(=O)OC(C)C[P+](=O)O. The van der Waals surface area contributed by atoms with E-state index in [9.17, 15) is 9.36 Å². The van der Waals surface area contributed by atoms with Gasteiger partial charge < -0.3 is 4.74 Å². The van der Waals surface area contributed by atoms with E-state index < -0.39 is 20.1 Å². The number of esters is 1. The van der Waals surface area contributed by atoms with Gasteiger partial charge in [0.15, 0.2) is 0 Å². The Kier molecular flexibility index (Phi) is 4.66. The molecule has 0 rings (SSSR count). The first-order chi connectivity index (χ1) is 5.06. The fourth-order valence-electron chi connectivity index (χ4n) is 0.504. The van der Waals surface area contributed by atoms with Crippen LogP contribution in [0.5, 0.6) is 0 Å². The van der Waals surface area contributed by atoms with E-state index in [-0.39, 0.29) is 6.16 Å². The summed E-state index contributed by atoms with van der Waals surface area (Å²) in [5, 5.41) is 0. The van der Waals surface area contributed by atoms with Crippen molar-refractivity contribution in [3.8, 4) is 0 Å². The van der Waals surface area contributed by atoms with Crippen LogP contribution in [0, 0.1) is 0 Å². The average Bonchev–Trinajstić information content (AvgIpc) is 1.85. The number of carbonyl (C=O) groups excluding carboxylic acids is 1. The first-order valence-electron chi connectivity index (χ1n) is 3.03. The lowest BCUT2D eigenvalue weighted by atomic mass is 10.5. The molecule has 11 heavy (non-hydrogen) atoms. The highest BCUT2D eigenvalue weighted by atomic mass is 31.1. The molecule has 0 radical (unpaired) electrons. The zero-order valence-corrected chi connectivity index (χ0v) is 7.08. The van der Waals surface area contributed by atoms with Crippen LogP contribution >= 0.6 is 8.03 Å². The van der Waals surface area contributed by atoms with Crippen LogP contribution < -0.4 is 0 Å². The van der Waals surface area contributed by atoms with Crippen LogP contribution in [-0.4, -0.2) is 23.1 Å². The normalized spacial score (nSPS) is 13.5. The summed E-state index contributed by atoms with van der Waals surface area (Å²) in [5.74, 6) is -0.575. The molecule has 0 spiro atoms. The topological polar surface area (TPSA) is 63.6 Å². The molecule has 0 aromatic rings. The standard InChI is InChI=1S/C6H9O4P/c1-3-6(7)10-5(2)4-11(8)9/h3,5H,1,4H2,2H3/p+1. The van der Waals surface area contributed by atoms with Crippen molar-refractivity contribution >= 4 is 14.0 Å². The van der Waals surface area contributed by atoms with E-state index in [1.165, 1.54) is 0 Å². The molecule has 0 fully saturated rings. The van der Waals surface area contributed by atoms with Crippen molar-refractivity contribution in [3.63, 3.8) is 0 Å². The van der Waals surface area contributed by atoms with Crippen molar-refractivity contribution in [1.82, 2.24) is 0 Å². The molecular formula is C6H10O4P+. The highest BCUT2D eigenvalue weighted by Gasteiger charge is 2.19. The molecule has 0 aromatic heterocycles. The summed E-state index contributed by atoms with van der Waals surface area (Å²) < 4.78 is 14.8. The van der Waals surface area contributed by atoms with Gasteiger partial charge in [0.1, 0.15) is 6.10 Å². The molecule has 0 amide bonds. The summed E-state index contributed by atoms with van der Waals surface area (Å²) in [5.41, 5.74) is 0. The maximum atomic E-state index is 10.5. The molecule has 0 aliphatic carbocycles. The smallest absolute Gasteiger partial charge is 0.455 e. The van der Waals surface area contributed by atoms with E-state index in [0.717, 1.165) is 6.08 Å². The number of ether oxygens (including phenoxy) is 1. The molecule has 0 aromatic carbocycles. The molecule has 0 bridgehead atoms. The molecule has 0 heterocycles. The summed E-state index contributed by atoms with van der Waals surface area (Å²) >= 11 is 0. The van der Waals surface area contributed by atoms with Gasteiger partial charge in [0.05, 0.1) is 0 Å². The summed E-state index contributed by atoms with van der Waals surface area (Å²) in [6, 6.07) is 0. The Balaban J connectivity index is 3.68. The van der Waals surface area contributed by atoms with Gasteiger partial charge in [-0.2, -0.15) is 4.89 Å². The molecule has 5 heteroatoms. The van der Waals surface area contributed by atoms with Gasteiger partial charge in [-0.25, -0.2) is 4.79 Å². The third kappa shape index (κ3) is 5.70. The van der Waals surface area contributed by atoms with Crippen molar-refractivity contribution in [1.29, 1.82) is 0 Å². The first kappa shape index (κ1) is 10.3. The average molecular weight is 177 g/mol. The first-order valence-corrected chi connectivity index (χ1v) is 4.42. The molecule has 1 N–H and O–H groups in total. The fourth-order valence-corrected chi connectivity index (χ4v) is 1.02. The van der Waals surface area contributed by atoms with E-state index in [1.54, 1.807) is 6.92 Å². The Labute approximate surface area is 65.7 Å². The zero-order chi connectivity index (χ0) is 8.85. The summed E-state index contributed by atoms with van der Waals surface area (Å²) in [7, 11) is -2.24. The van der Waals surface area contributed by atoms with Gasteiger partial charge in [-0.3, -0.25) is 0 Å². The van der Waals surface area contributed by atoms with Gasteiger partial charge in [-0.1, -0.05) is 6.58 Å². The van der Waals surface area contributed by atoms with Crippen molar-refractivity contribution in [2.75, 3.05) is 6.16 Å². The molecule has 0 saturated carbocycles. The summed E-state index contributed by atoms with van der Waals surface area (Å²) in [6.07, 6.45) is 0.449. The second-order valence-electron chi connectivity index (χ2n) is 1.99. The minimum absolute atomic E-state index is 0.0328. The zero-order valence-electron chi connectivity index (χ0n) is 6.19. The fraction of sp³-hybridized carbons (Fsp3) is 0.500. The lowest BCUT2D eigenvalue weighted by molar-refractivity contribution is -0.141. The Morgan fingerprint density at radius 1 is 1.91 bits per heavy atom. The van der Waals surface area contributed by atoms with Crippen LogP contribution in [0.3, 0.4) is 0 Å². The van der Waals surface area contributed by atoms with Gasteiger partial charge in [0.25, 0.3) is 0 Å². The monoisotopic (exact) mass is 177 g/mol. The second-order valence-corrected chi connectivity index (χ2v) is 3.06. The van der Waals surface area contributed by atoms with Crippen molar-refractivity contribution < 1.29 is 19.0 Å². The van der Waals surface area contributed by atoms with Gasteiger partial charge in [0, 0.05) is 6.08 Å². The number of rotatable bonds is 4. The lowest BCUT2D eigenvalue weighted by Gasteiger charge is -2.03. The Bertz CT molecular complexity index is 177. The van der Waals surface area contributed by atoms with E-state index in [0.29, 0.717) is 0 Å². The van der Waals surface area contributed by atoms with Crippen LogP contribution in [0.2, 0.25) is 0 Å². The Morgan fingerprint density at radius 2 is 2.45 bits per heavy atom. The van der Waals surface area contributed by atoms with Crippen LogP contribution in [0.4, 0.5) is 0 Å². The van der Waals surface area contributed by atoms with Crippen LogP contribution in [0.25, 0.3) is 0 Å². The molecule has 2 unspecified atom stereocenters. The van der Waals surface area contributed by atoms with Crippen LogP contribution in [0.1, 0.15) is 6.92 Å². The molecule has 2 atom stereocenters. The highest BCUT2D eigenvalue weighted by molar-refractivity contribution is 7.38. The minimum atomic E-state index is -2.24. The van der Waals surface area contributed by atoms with Gasteiger partial charge in [0.2, 0.25) is 6.16 Å². The van der Waals surface area contributed by atoms with Crippen molar-refractivity contribution in [3.05, 3.63) is 12.7 Å². The van der Waals surface area contributed by atoms with Crippen molar-refractivity contribution in [2.45, 2.75) is 13.0 Å². The quantitative estimate of drug-likeness (QED) is 0.392. The molecule has 0 aliphatic rings. The molecule has 0 saturated heterocycles. The molecule has 62 valence electrons. The number of hydrogen-bond donors (Lipinski definition) is 1. The van der Waals surface area contributed by atoms with E-state index >= 15 is 0 Å². The predicted octanol–water partition coefficient (Wildman–Crippen LogP) is 0.839.